The molecule has 2 aromatic carbocycles. The minimum absolute atomic E-state index is 0.0192. The summed E-state index contributed by atoms with van der Waals surface area (Å²) in [5, 5.41) is 0.455. The number of imidazole rings is 2. The van der Waals surface area contributed by atoms with E-state index in [1.165, 1.54) is 16.7 Å². The number of aromatic nitrogens is 4. The SMILES string of the molecule is CS(=O)(=O)CCCn1c(Cn2c(=O)n(CC(F)(F)F)c3c(Cl)cccc32)nc2cc(Cl)ccc21. The van der Waals surface area contributed by atoms with Crippen LogP contribution in [0.3, 0.4) is 0 Å². The molecule has 4 aromatic rings. The highest BCUT2D eigenvalue weighted by atomic mass is 35.5. The van der Waals surface area contributed by atoms with Crippen LogP contribution < -0.4 is 5.69 Å². The third-order valence-electron chi connectivity index (χ3n) is 5.31. The molecular weight excluding hydrogens is 516 g/mol. The van der Waals surface area contributed by atoms with E-state index in [-0.39, 0.29) is 41.3 Å². The molecule has 4 rings (SSSR count). The van der Waals surface area contributed by atoms with Gasteiger partial charge in [-0.1, -0.05) is 29.3 Å². The lowest BCUT2D eigenvalue weighted by Gasteiger charge is -2.10. The second-order valence-corrected chi connectivity index (χ2v) is 11.1. The van der Waals surface area contributed by atoms with Gasteiger partial charge in [0.2, 0.25) is 0 Å². The summed E-state index contributed by atoms with van der Waals surface area (Å²) in [6, 6.07) is 9.49. The Labute approximate surface area is 202 Å². The number of benzene rings is 2. The van der Waals surface area contributed by atoms with E-state index >= 15 is 0 Å². The summed E-state index contributed by atoms with van der Waals surface area (Å²) in [4.78, 5) is 17.6. The monoisotopic (exact) mass is 534 g/mol. The summed E-state index contributed by atoms with van der Waals surface area (Å²) < 4.78 is 66.3. The van der Waals surface area contributed by atoms with Crippen LogP contribution >= 0.6 is 23.2 Å². The molecular formula is C21H19Cl2F3N4O3S. The third kappa shape index (κ3) is 5.11. The Hall–Kier alpha value is -2.50. The molecule has 0 aliphatic heterocycles. The maximum Gasteiger partial charge on any atom is 0.406 e. The van der Waals surface area contributed by atoms with E-state index in [2.05, 4.69) is 4.98 Å². The standard InChI is InChI=1S/C21H19Cl2F3N4O3S/c1-34(32,33)9-3-8-28-16-7-6-13(22)10-15(16)27-18(28)11-29-17-5-2-4-14(23)19(17)30(20(29)31)12-21(24,25)26/h2,4-7,10H,3,8-9,11-12H2,1H3. The van der Waals surface area contributed by atoms with Gasteiger partial charge in [0.25, 0.3) is 0 Å². The van der Waals surface area contributed by atoms with Crippen molar-refractivity contribution in [2.45, 2.75) is 32.2 Å². The zero-order chi connectivity index (χ0) is 24.8. The predicted octanol–water partition coefficient (Wildman–Crippen LogP) is 4.50. The lowest BCUT2D eigenvalue weighted by atomic mass is 10.3. The van der Waals surface area contributed by atoms with Crippen molar-refractivity contribution in [3.05, 3.63) is 62.8 Å². The fourth-order valence-electron chi connectivity index (χ4n) is 3.96. The van der Waals surface area contributed by atoms with Gasteiger partial charge in [-0.25, -0.2) is 18.2 Å². The highest BCUT2D eigenvalue weighted by Crippen LogP contribution is 2.27. The van der Waals surface area contributed by atoms with Gasteiger partial charge in [-0.2, -0.15) is 13.2 Å². The topological polar surface area (TPSA) is 78.9 Å². The molecule has 0 aliphatic rings. The number of hydrogen-bond donors (Lipinski definition) is 0. The molecule has 13 heteroatoms. The molecule has 0 atom stereocenters. The molecule has 0 aliphatic carbocycles. The minimum atomic E-state index is -4.63. The van der Waals surface area contributed by atoms with Crippen molar-refractivity contribution in [3.63, 3.8) is 0 Å². The van der Waals surface area contributed by atoms with E-state index in [0.717, 1.165) is 6.26 Å². The van der Waals surface area contributed by atoms with Crippen LogP contribution in [0.15, 0.2) is 41.2 Å². The number of sulfone groups is 1. The Morgan fingerprint density at radius 2 is 1.76 bits per heavy atom. The van der Waals surface area contributed by atoms with Crippen molar-refractivity contribution < 1.29 is 21.6 Å². The van der Waals surface area contributed by atoms with Crippen molar-refractivity contribution in [1.82, 2.24) is 18.7 Å². The van der Waals surface area contributed by atoms with E-state index in [0.29, 0.717) is 26.4 Å². The van der Waals surface area contributed by atoms with Crippen molar-refractivity contribution in [2.24, 2.45) is 0 Å². The lowest BCUT2D eigenvalue weighted by Crippen LogP contribution is -2.30. The molecule has 2 aromatic heterocycles. The van der Waals surface area contributed by atoms with Gasteiger partial charge < -0.3 is 4.57 Å². The van der Waals surface area contributed by atoms with Crippen molar-refractivity contribution in [2.75, 3.05) is 12.0 Å². The molecule has 0 amide bonds. The molecule has 0 N–H and O–H groups in total. The number of alkyl halides is 3. The van der Waals surface area contributed by atoms with Gasteiger partial charge in [0, 0.05) is 17.8 Å². The average molecular weight is 535 g/mol. The van der Waals surface area contributed by atoms with Gasteiger partial charge in [0.15, 0.2) is 0 Å². The maximum atomic E-state index is 13.2. The van der Waals surface area contributed by atoms with Crippen LogP contribution in [-0.4, -0.2) is 45.3 Å². The summed E-state index contributed by atoms with van der Waals surface area (Å²) in [6.07, 6.45) is -3.20. The van der Waals surface area contributed by atoms with Gasteiger partial charge in [-0.3, -0.25) is 9.13 Å². The van der Waals surface area contributed by atoms with Crippen LogP contribution in [0.2, 0.25) is 10.0 Å². The number of para-hydroxylation sites is 1. The zero-order valence-electron chi connectivity index (χ0n) is 17.8. The summed E-state index contributed by atoms with van der Waals surface area (Å²) in [5.41, 5.74) is 0.516. The van der Waals surface area contributed by atoms with E-state index in [1.54, 1.807) is 28.8 Å². The van der Waals surface area contributed by atoms with Gasteiger partial charge in [-0.15, -0.1) is 0 Å². The van der Waals surface area contributed by atoms with Crippen LogP contribution in [0.25, 0.3) is 22.1 Å². The highest BCUT2D eigenvalue weighted by molar-refractivity contribution is 7.90. The summed E-state index contributed by atoms with van der Waals surface area (Å²) >= 11 is 12.3. The molecule has 34 heavy (non-hydrogen) atoms. The van der Waals surface area contributed by atoms with Crippen LogP contribution in [0.1, 0.15) is 12.2 Å². The highest BCUT2D eigenvalue weighted by Gasteiger charge is 2.31. The average Bonchev–Trinajstić information content (AvgIpc) is 3.16. The van der Waals surface area contributed by atoms with Crippen molar-refractivity contribution >= 4 is 55.1 Å². The van der Waals surface area contributed by atoms with Gasteiger partial charge in [-0.05, 0) is 36.8 Å². The fraction of sp³-hybridized carbons (Fsp3) is 0.333. The first-order chi connectivity index (χ1) is 15.8. The van der Waals surface area contributed by atoms with Crippen LogP contribution in [-0.2, 0) is 29.5 Å². The maximum absolute atomic E-state index is 13.2. The number of aryl methyl sites for hydroxylation is 1. The van der Waals surface area contributed by atoms with Gasteiger partial charge in [0.1, 0.15) is 22.2 Å². The molecule has 7 nitrogen and oxygen atoms in total. The number of hydrogen-bond acceptors (Lipinski definition) is 4. The Kier molecular flexibility index (Phi) is 6.47. The third-order valence-corrected chi connectivity index (χ3v) is 6.88. The largest absolute Gasteiger partial charge is 0.406 e. The Bertz CT molecular complexity index is 1560. The van der Waals surface area contributed by atoms with E-state index in [4.69, 9.17) is 23.2 Å². The molecule has 0 saturated heterocycles. The summed E-state index contributed by atoms with van der Waals surface area (Å²) in [5.74, 6) is 0.319. The molecule has 0 saturated carbocycles. The van der Waals surface area contributed by atoms with Crippen LogP contribution in [0, 0.1) is 0 Å². The van der Waals surface area contributed by atoms with E-state index in [1.807, 2.05) is 0 Å². The minimum Gasteiger partial charge on any atom is -0.326 e. The number of halogens is 5. The number of nitrogens with zero attached hydrogens (tertiary/aromatic N) is 4. The second kappa shape index (κ2) is 8.94. The van der Waals surface area contributed by atoms with Gasteiger partial charge >= 0.3 is 11.9 Å². The number of fused-ring (bicyclic) bond motifs is 2. The first-order valence-corrected chi connectivity index (χ1v) is 12.9. The lowest BCUT2D eigenvalue weighted by molar-refractivity contribution is -0.140. The van der Waals surface area contributed by atoms with E-state index < -0.39 is 28.2 Å². The van der Waals surface area contributed by atoms with E-state index in [9.17, 15) is 26.4 Å². The molecule has 0 unspecified atom stereocenters. The fourth-order valence-corrected chi connectivity index (χ4v) is 5.05. The van der Waals surface area contributed by atoms with Crippen LogP contribution in [0.4, 0.5) is 13.2 Å². The Morgan fingerprint density at radius 3 is 2.44 bits per heavy atom. The number of rotatable bonds is 7. The first kappa shape index (κ1) is 24.6. The van der Waals surface area contributed by atoms with Crippen LogP contribution in [0.5, 0.6) is 0 Å². The zero-order valence-corrected chi connectivity index (χ0v) is 20.1. The Morgan fingerprint density at radius 1 is 1.03 bits per heavy atom. The summed E-state index contributed by atoms with van der Waals surface area (Å²) in [6.45, 7) is -1.36. The smallest absolute Gasteiger partial charge is 0.326 e. The quantitative estimate of drug-likeness (QED) is 0.349. The summed E-state index contributed by atoms with van der Waals surface area (Å²) in [7, 11) is -3.20. The second-order valence-electron chi connectivity index (χ2n) is 7.97. The first-order valence-electron chi connectivity index (χ1n) is 10.1. The Balaban J connectivity index is 1.85. The molecule has 0 spiro atoms. The molecule has 0 radical (unpaired) electrons. The van der Waals surface area contributed by atoms with Crippen molar-refractivity contribution in [3.8, 4) is 0 Å². The molecule has 182 valence electrons. The predicted molar refractivity (Wildman–Crippen MR) is 125 cm³/mol. The normalized spacial score (nSPS) is 12.8. The van der Waals surface area contributed by atoms with Gasteiger partial charge in [0.05, 0.1) is 39.4 Å². The molecule has 0 bridgehead atoms. The molecule has 2 heterocycles. The molecule has 0 fully saturated rings. The van der Waals surface area contributed by atoms with Crippen molar-refractivity contribution in [1.29, 1.82) is 0 Å².